The Morgan fingerprint density at radius 3 is 2.84 bits per heavy atom. The van der Waals surface area contributed by atoms with Gasteiger partial charge in [-0.05, 0) is 19.1 Å². The summed E-state index contributed by atoms with van der Waals surface area (Å²) in [5.74, 6) is 0.899. The summed E-state index contributed by atoms with van der Waals surface area (Å²) >= 11 is 1.67. The second-order valence-electron chi connectivity index (χ2n) is 3.79. The van der Waals surface area contributed by atoms with E-state index in [9.17, 15) is 0 Å². The zero-order valence-corrected chi connectivity index (χ0v) is 12.0. The van der Waals surface area contributed by atoms with Crippen molar-refractivity contribution in [3.05, 3.63) is 47.1 Å². The zero-order valence-electron chi connectivity index (χ0n) is 11.2. The second kappa shape index (κ2) is 5.68. The van der Waals surface area contributed by atoms with Crippen LogP contribution in [0.25, 0.3) is 16.2 Å². The van der Waals surface area contributed by atoms with Crippen LogP contribution in [-0.4, -0.2) is 9.38 Å². The standard InChI is InChI=1S/C13H9N3S.C2H6/c1-9-13-16(5-6-17-13)12(15-9)11-4-2-3-10(7-11)8-14;1-2/h2-7H,1H3;1-2H3. The lowest BCUT2D eigenvalue weighted by atomic mass is 10.1. The van der Waals surface area contributed by atoms with Crippen molar-refractivity contribution in [3.63, 3.8) is 0 Å². The van der Waals surface area contributed by atoms with E-state index < -0.39 is 0 Å². The maximum absolute atomic E-state index is 8.91. The molecule has 96 valence electrons. The lowest BCUT2D eigenvalue weighted by molar-refractivity contribution is 1.17. The molecular formula is C15H15N3S. The summed E-state index contributed by atoms with van der Waals surface area (Å²) in [4.78, 5) is 5.71. The fourth-order valence-electron chi connectivity index (χ4n) is 1.90. The Kier molecular flexibility index (Phi) is 3.98. The molecule has 0 bridgehead atoms. The van der Waals surface area contributed by atoms with Gasteiger partial charge >= 0.3 is 0 Å². The first kappa shape index (κ1) is 13.3. The van der Waals surface area contributed by atoms with Gasteiger partial charge in [0, 0.05) is 17.1 Å². The van der Waals surface area contributed by atoms with Crippen molar-refractivity contribution < 1.29 is 0 Å². The lowest BCUT2D eigenvalue weighted by Gasteiger charge is -1.98. The molecule has 0 fully saturated rings. The van der Waals surface area contributed by atoms with Crippen LogP contribution >= 0.6 is 11.3 Å². The van der Waals surface area contributed by atoms with Crippen molar-refractivity contribution in [1.82, 2.24) is 9.38 Å². The molecule has 0 atom stereocenters. The number of benzene rings is 1. The first-order valence-electron chi connectivity index (χ1n) is 6.22. The summed E-state index contributed by atoms with van der Waals surface area (Å²) in [5, 5.41) is 11.0. The van der Waals surface area contributed by atoms with Crippen LogP contribution in [0.1, 0.15) is 25.1 Å². The first-order valence-corrected chi connectivity index (χ1v) is 7.10. The topological polar surface area (TPSA) is 41.1 Å². The number of nitrogens with zero attached hydrogens (tertiary/aromatic N) is 3. The van der Waals surface area contributed by atoms with Crippen LogP contribution in [-0.2, 0) is 0 Å². The van der Waals surface area contributed by atoms with Crippen molar-refractivity contribution in [2.24, 2.45) is 0 Å². The third-order valence-corrected chi connectivity index (χ3v) is 3.64. The number of hydrogen-bond acceptors (Lipinski definition) is 3. The Labute approximate surface area is 116 Å². The predicted octanol–water partition coefficient (Wildman–Crippen LogP) is 4.27. The largest absolute Gasteiger partial charge is 0.290 e. The van der Waals surface area contributed by atoms with Gasteiger partial charge in [0.1, 0.15) is 10.7 Å². The molecule has 0 saturated carbocycles. The number of imidazole rings is 1. The maximum atomic E-state index is 8.91. The molecule has 0 aliphatic rings. The third kappa shape index (κ3) is 2.38. The van der Waals surface area contributed by atoms with Crippen LogP contribution in [0.4, 0.5) is 0 Å². The molecule has 2 aromatic heterocycles. The van der Waals surface area contributed by atoms with Crippen LogP contribution in [0.3, 0.4) is 0 Å². The monoisotopic (exact) mass is 269 g/mol. The summed E-state index contributed by atoms with van der Waals surface area (Å²) in [7, 11) is 0. The van der Waals surface area contributed by atoms with Gasteiger partial charge < -0.3 is 0 Å². The Hall–Kier alpha value is -2.12. The number of aryl methyl sites for hydroxylation is 1. The highest BCUT2D eigenvalue weighted by molar-refractivity contribution is 7.15. The number of nitriles is 1. The number of thiazole rings is 1. The van der Waals surface area contributed by atoms with Crippen molar-refractivity contribution >= 4 is 16.2 Å². The molecule has 0 radical (unpaired) electrons. The van der Waals surface area contributed by atoms with Gasteiger partial charge in [0.2, 0.25) is 0 Å². The minimum Gasteiger partial charge on any atom is -0.290 e. The maximum Gasteiger partial charge on any atom is 0.145 e. The molecule has 19 heavy (non-hydrogen) atoms. The first-order chi connectivity index (χ1) is 9.29. The number of fused-ring (bicyclic) bond motifs is 1. The molecule has 1 aromatic carbocycles. The molecule has 4 heteroatoms. The van der Waals surface area contributed by atoms with Crippen LogP contribution in [0.5, 0.6) is 0 Å². The van der Waals surface area contributed by atoms with Gasteiger partial charge in [0.25, 0.3) is 0 Å². The van der Waals surface area contributed by atoms with Crippen molar-refractivity contribution in [2.75, 3.05) is 0 Å². The highest BCUT2D eigenvalue weighted by Crippen LogP contribution is 2.25. The molecule has 0 N–H and O–H groups in total. The van der Waals surface area contributed by atoms with E-state index in [2.05, 4.69) is 15.5 Å². The zero-order chi connectivity index (χ0) is 13.8. The van der Waals surface area contributed by atoms with Gasteiger partial charge in [0.15, 0.2) is 0 Å². The Morgan fingerprint density at radius 1 is 1.32 bits per heavy atom. The van der Waals surface area contributed by atoms with E-state index in [4.69, 9.17) is 5.26 Å². The normalized spacial score (nSPS) is 9.79. The molecule has 2 heterocycles. The smallest absolute Gasteiger partial charge is 0.145 e. The fraction of sp³-hybridized carbons (Fsp3) is 0.200. The summed E-state index contributed by atoms with van der Waals surface area (Å²) in [6.07, 6.45) is 2.01. The average Bonchev–Trinajstić information content (AvgIpc) is 3.06. The molecule has 3 aromatic rings. The average molecular weight is 269 g/mol. The van der Waals surface area contributed by atoms with Gasteiger partial charge in [-0.25, -0.2) is 4.98 Å². The van der Waals surface area contributed by atoms with Gasteiger partial charge in [-0.1, -0.05) is 26.0 Å². The van der Waals surface area contributed by atoms with E-state index in [1.165, 1.54) is 0 Å². The summed E-state index contributed by atoms with van der Waals surface area (Å²) in [6.45, 7) is 6.00. The Balaban J connectivity index is 0.000000637. The van der Waals surface area contributed by atoms with E-state index in [0.717, 1.165) is 21.9 Å². The second-order valence-corrected chi connectivity index (χ2v) is 4.69. The molecule has 0 unspecified atom stereocenters. The molecular weight excluding hydrogens is 254 g/mol. The molecule has 3 rings (SSSR count). The van der Waals surface area contributed by atoms with Crippen LogP contribution in [0.15, 0.2) is 35.8 Å². The Morgan fingerprint density at radius 2 is 2.11 bits per heavy atom. The molecule has 0 aliphatic heterocycles. The third-order valence-electron chi connectivity index (χ3n) is 2.67. The van der Waals surface area contributed by atoms with E-state index in [0.29, 0.717) is 5.56 Å². The summed E-state index contributed by atoms with van der Waals surface area (Å²) in [6, 6.07) is 9.68. The fourth-order valence-corrected chi connectivity index (χ4v) is 2.69. The minimum atomic E-state index is 0.659. The SMILES string of the molecule is CC.Cc1nc(-c2cccc(C#N)c2)n2ccsc12. The van der Waals surface area contributed by atoms with Crippen LogP contribution < -0.4 is 0 Å². The van der Waals surface area contributed by atoms with E-state index in [1.807, 2.05) is 50.5 Å². The van der Waals surface area contributed by atoms with Crippen molar-refractivity contribution in [1.29, 1.82) is 5.26 Å². The van der Waals surface area contributed by atoms with Crippen LogP contribution in [0, 0.1) is 18.3 Å². The van der Waals surface area contributed by atoms with Gasteiger partial charge in [-0.3, -0.25) is 4.40 Å². The van der Waals surface area contributed by atoms with E-state index >= 15 is 0 Å². The minimum absolute atomic E-state index is 0.659. The predicted molar refractivity (Wildman–Crippen MR) is 79.3 cm³/mol. The quantitative estimate of drug-likeness (QED) is 0.662. The number of aromatic nitrogens is 2. The molecule has 0 spiro atoms. The number of rotatable bonds is 1. The molecule has 0 aliphatic carbocycles. The van der Waals surface area contributed by atoms with Gasteiger partial charge in [-0.15, -0.1) is 11.3 Å². The van der Waals surface area contributed by atoms with Gasteiger partial charge in [-0.2, -0.15) is 5.26 Å². The highest BCUT2D eigenvalue weighted by Gasteiger charge is 2.10. The molecule has 3 nitrogen and oxygen atoms in total. The summed E-state index contributed by atoms with van der Waals surface area (Å²) < 4.78 is 2.07. The van der Waals surface area contributed by atoms with Crippen LogP contribution in [0.2, 0.25) is 0 Å². The lowest BCUT2D eigenvalue weighted by Crippen LogP contribution is -1.86. The van der Waals surface area contributed by atoms with Crippen molar-refractivity contribution in [3.8, 4) is 17.5 Å². The van der Waals surface area contributed by atoms with Gasteiger partial charge in [0.05, 0.1) is 17.3 Å². The summed E-state index contributed by atoms with van der Waals surface area (Å²) in [5.41, 5.74) is 2.66. The van der Waals surface area contributed by atoms with E-state index in [1.54, 1.807) is 17.4 Å². The number of hydrogen-bond donors (Lipinski definition) is 0. The molecule has 0 amide bonds. The van der Waals surface area contributed by atoms with E-state index in [-0.39, 0.29) is 0 Å². The molecule has 0 saturated heterocycles. The van der Waals surface area contributed by atoms with Crippen molar-refractivity contribution in [2.45, 2.75) is 20.8 Å². The Bertz CT molecular complexity index is 731. The highest BCUT2D eigenvalue weighted by atomic mass is 32.1.